The van der Waals surface area contributed by atoms with E-state index in [1.165, 1.54) is 14.0 Å². The molecule has 0 fully saturated rings. The van der Waals surface area contributed by atoms with Crippen molar-refractivity contribution in [3.05, 3.63) is 34.0 Å². The maximum absolute atomic E-state index is 13.1. The van der Waals surface area contributed by atoms with Gasteiger partial charge in [0.25, 0.3) is 5.56 Å². The molecule has 1 N–H and O–H groups in total. The molecule has 0 unspecified atom stereocenters. The summed E-state index contributed by atoms with van der Waals surface area (Å²) in [4.78, 5) is 17.4. The number of hydrogen-bond donors (Lipinski definition) is 1. The Hall–Kier alpha value is -2.31. The van der Waals surface area contributed by atoms with E-state index in [4.69, 9.17) is 4.74 Å². The van der Waals surface area contributed by atoms with Crippen molar-refractivity contribution >= 4 is 0 Å². The third-order valence-electron chi connectivity index (χ3n) is 2.12. The van der Waals surface area contributed by atoms with Crippen molar-refractivity contribution in [3.63, 3.8) is 0 Å². The molecule has 0 amide bonds. The van der Waals surface area contributed by atoms with Gasteiger partial charge in [0, 0.05) is 6.07 Å². The first-order chi connectivity index (χ1) is 8.11. The lowest BCUT2D eigenvalue weighted by Gasteiger charge is -2.02. The zero-order valence-corrected chi connectivity index (χ0v) is 9.19. The van der Waals surface area contributed by atoms with Crippen LogP contribution < -0.4 is 10.3 Å². The lowest BCUT2D eigenvalue weighted by molar-refractivity contribution is 0.392. The highest BCUT2D eigenvalue weighted by Gasteiger charge is 2.10. The summed E-state index contributed by atoms with van der Waals surface area (Å²) in [6, 6.07) is 3.14. The van der Waals surface area contributed by atoms with Crippen LogP contribution in [0.15, 0.2) is 16.9 Å². The summed E-state index contributed by atoms with van der Waals surface area (Å²) in [7, 11) is 1.46. The molecule has 0 aliphatic heterocycles. The summed E-state index contributed by atoms with van der Waals surface area (Å²) in [6.07, 6.45) is 0. The predicted octanol–water partition coefficient (Wildman–Crippen LogP) is 0.683. The SMILES string of the molecule is COc1ccc(-c2nc(C)c(F)c(=O)[nH]2)nn1. The molecule has 0 aromatic carbocycles. The summed E-state index contributed by atoms with van der Waals surface area (Å²) < 4.78 is 17.9. The Kier molecular flexibility index (Phi) is 2.82. The van der Waals surface area contributed by atoms with E-state index in [9.17, 15) is 9.18 Å². The van der Waals surface area contributed by atoms with E-state index in [0.29, 0.717) is 11.6 Å². The smallest absolute Gasteiger partial charge is 0.287 e. The fourth-order valence-corrected chi connectivity index (χ4v) is 1.25. The van der Waals surface area contributed by atoms with Crippen LogP contribution in [-0.4, -0.2) is 27.3 Å². The molecule has 2 heterocycles. The minimum absolute atomic E-state index is 0.0152. The maximum Gasteiger partial charge on any atom is 0.287 e. The summed E-state index contributed by atoms with van der Waals surface area (Å²) in [6.45, 7) is 1.41. The number of halogens is 1. The van der Waals surface area contributed by atoms with Gasteiger partial charge in [-0.1, -0.05) is 0 Å². The van der Waals surface area contributed by atoms with Crippen LogP contribution in [0.5, 0.6) is 5.88 Å². The van der Waals surface area contributed by atoms with Crippen LogP contribution >= 0.6 is 0 Å². The van der Waals surface area contributed by atoms with Gasteiger partial charge in [0.05, 0.1) is 12.8 Å². The van der Waals surface area contributed by atoms with E-state index in [1.54, 1.807) is 12.1 Å². The molecule has 0 aliphatic carbocycles. The number of H-pyrrole nitrogens is 1. The van der Waals surface area contributed by atoms with Gasteiger partial charge in [-0.05, 0) is 13.0 Å². The van der Waals surface area contributed by atoms with Gasteiger partial charge in [0.1, 0.15) is 5.69 Å². The number of aromatic nitrogens is 4. The van der Waals surface area contributed by atoms with Crippen LogP contribution in [0.3, 0.4) is 0 Å². The average Bonchev–Trinajstić information content (AvgIpc) is 2.35. The van der Waals surface area contributed by atoms with Crippen molar-refractivity contribution in [2.75, 3.05) is 7.11 Å². The molecule has 0 aliphatic rings. The Balaban J connectivity index is 2.49. The molecule has 2 aromatic heterocycles. The molecule has 2 aromatic rings. The van der Waals surface area contributed by atoms with E-state index in [1.807, 2.05) is 0 Å². The highest BCUT2D eigenvalue weighted by Crippen LogP contribution is 2.12. The Morgan fingerprint density at radius 1 is 1.35 bits per heavy atom. The van der Waals surface area contributed by atoms with Crippen LogP contribution in [0, 0.1) is 12.7 Å². The van der Waals surface area contributed by atoms with Crippen molar-refractivity contribution < 1.29 is 9.13 Å². The first-order valence-corrected chi connectivity index (χ1v) is 4.76. The van der Waals surface area contributed by atoms with Crippen molar-refractivity contribution in [3.8, 4) is 17.4 Å². The summed E-state index contributed by atoms with van der Waals surface area (Å²) in [5.41, 5.74) is -0.475. The summed E-state index contributed by atoms with van der Waals surface area (Å²) in [5, 5.41) is 7.53. The molecule has 0 saturated heterocycles. The minimum Gasteiger partial charge on any atom is -0.480 e. The summed E-state index contributed by atoms with van der Waals surface area (Å²) >= 11 is 0. The molecule has 7 heteroatoms. The lowest BCUT2D eigenvalue weighted by atomic mass is 10.3. The van der Waals surface area contributed by atoms with Crippen LogP contribution in [0.1, 0.15) is 5.69 Å². The van der Waals surface area contributed by atoms with Gasteiger partial charge >= 0.3 is 0 Å². The number of aryl methyl sites for hydroxylation is 1. The van der Waals surface area contributed by atoms with Crippen LogP contribution in [-0.2, 0) is 0 Å². The minimum atomic E-state index is -0.893. The van der Waals surface area contributed by atoms with Crippen molar-refractivity contribution in [2.24, 2.45) is 0 Å². The zero-order chi connectivity index (χ0) is 12.4. The molecule has 0 spiro atoms. The number of nitrogens with zero attached hydrogens (tertiary/aromatic N) is 3. The van der Waals surface area contributed by atoms with E-state index < -0.39 is 11.4 Å². The fraction of sp³-hybridized carbons (Fsp3) is 0.200. The standard InChI is InChI=1S/C10H9FN4O2/c1-5-8(11)10(16)13-9(12-5)6-3-4-7(17-2)15-14-6/h3-4H,1-2H3,(H,12,13,16). The van der Waals surface area contributed by atoms with Crippen LogP contribution in [0.4, 0.5) is 4.39 Å². The largest absolute Gasteiger partial charge is 0.480 e. The van der Waals surface area contributed by atoms with E-state index in [-0.39, 0.29) is 11.5 Å². The van der Waals surface area contributed by atoms with Crippen molar-refractivity contribution in [1.82, 2.24) is 20.2 Å². The number of nitrogens with one attached hydrogen (secondary N) is 1. The topological polar surface area (TPSA) is 80.8 Å². The average molecular weight is 236 g/mol. The molecule has 88 valence electrons. The molecule has 0 bridgehead atoms. The monoisotopic (exact) mass is 236 g/mol. The third-order valence-corrected chi connectivity index (χ3v) is 2.12. The highest BCUT2D eigenvalue weighted by atomic mass is 19.1. The molecule has 0 saturated carbocycles. The Morgan fingerprint density at radius 3 is 2.65 bits per heavy atom. The third kappa shape index (κ3) is 2.12. The molecule has 2 rings (SSSR count). The van der Waals surface area contributed by atoms with Crippen LogP contribution in [0.25, 0.3) is 11.5 Å². The molecular weight excluding hydrogens is 227 g/mol. The van der Waals surface area contributed by atoms with Crippen LogP contribution in [0.2, 0.25) is 0 Å². The van der Waals surface area contributed by atoms with E-state index in [0.717, 1.165) is 0 Å². The lowest BCUT2D eigenvalue weighted by Crippen LogP contribution is -2.16. The van der Waals surface area contributed by atoms with Gasteiger partial charge in [-0.25, -0.2) is 4.98 Å². The first kappa shape index (κ1) is 11.2. The zero-order valence-electron chi connectivity index (χ0n) is 9.19. The maximum atomic E-state index is 13.1. The number of ether oxygens (including phenoxy) is 1. The van der Waals surface area contributed by atoms with E-state index in [2.05, 4.69) is 20.2 Å². The predicted molar refractivity (Wildman–Crippen MR) is 57.1 cm³/mol. The second-order valence-electron chi connectivity index (χ2n) is 3.27. The van der Waals surface area contributed by atoms with E-state index >= 15 is 0 Å². The number of methoxy groups -OCH3 is 1. The van der Waals surface area contributed by atoms with Crippen molar-refractivity contribution in [1.29, 1.82) is 0 Å². The van der Waals surface area contributed by atoms with Gasteiger partial charge in [-0.3, -0.25) is 4.79 Å². The molecule has 0 radical (unpaired) electrons. The normalized spacial score (nSPS) is 10.3. The van der Waals surface area contributed by atoms with Crippen molar-refractivity contribution in [2.45, 2.75) is 6.92 Å². The van der Waals surface area contributed by atoms with Gasteiger partial charge < -0.3 is 9.72 Å². The number of aromatic amines is 1. The number of hydrogen-bond acceptors (Lipinski definition) is 5. The second-order valence-corrected chi connectivity index (χ2v) is 3.27. The van der Waals surface area contributed by atoms with Gasteiger partial charge in [0.15, 0.2) is 5.82 Å². The first-order valence-electron chi connectivity index (χ1n) is 4.76. The number of rotatable bonds is 2. The molecule has 6 nitrogen and oxygen atoms in total. The Bertz CT molecular complexity index is 594. The quantitative estimate of drug-likeness (QED) is 0.829. The van der Waals surface area contributed by atoms with Gasteiger partial charge in [-0.15, -0.1) is 10.2 Å². The second kappa shape index (κ2) is 4.28. The highest BCUT2D eigenvalue weighted by molar-refractivity contribution is 5.48. The molecule has 17 heavy (non-hydrogen) atoms. The molecule has 0 atom stereocenters. The fourth-order valence-electron chi connectivity index (χ4n) is 1.25. The Labute approximate surface area is 95.5 Å². The Morgan fingerprint density at radius 2 is 2.12 bits per heavy atom. The van der Waals surface area contributed by atoms with Gasteiger partial charge in [0.2, 0.25) is 11.7 Å². The van der Waals surface area contributed by atoms with Gasteiger partial charge in [-0.2, -0.15) is 4.39 Å². The summed E-state index contributed by atoms with van der Waals surface area (Å²) in [5.74, 6) is -0.380. The molecular formula is C10H9FN4O2.